The third kappa shape index (κ3) is 4.10. The molecule has 0 radical (unpaired) electrons. The molecule has 116 valence electrons. The highest BCUT2D eigenvalue weighted by Crippen LogP contribution is 2.26. The van der Waals surface area contributed by atoms with Crippen LogP contribution in [-0.2, 0) is 4.79 Å². The topological polar surface area (TPSA) is 32.3 Å². The van der Waals surface area contributed by atoms with E-state index in [0.29, 0.717) is 6.54 Å². The van der Waals surface area contributed by atoms with E-state index in [4.69, 9.17) is 0 Å². The highest BCUT2D eigenvalue weighted by atomic mass is 16.2. The second-order valence-corrected chi connectivity index (χ2v) is 5.79. The molecule has 0 saturated carbocycles. The molecule has 1 amide bonds. The number of nitrogens with zero attached hydrogens (tertiary/aromatic N) is 1. The summed E-state index contributed by atoms with van der Waals surface area (Å²) >= 11 is 0. The van der Waals surface area contributed by atoms with E-state index in [-0.39, 0.29) is 17.7 Å². The molecule has 3 heteroatoms. The highest BCUT2D eigenvalue weighted by molar-refractivity contribution is 5.80. The van der Waals surface area contributed by atoms with Crippen LogP contribution in [0.1, 0.15) is 18.4 Å². The summed E-state index contributed by atoms with van der Waals surface area (Å²) < 4.78 is 0. The molecule has 3 nitrogen and oxygen atoms in total. The lowest BCUT2D eigenvalue weighted by atomic mass is 9.86. The van der Waals surface area contributed by atoms with E-state index in [1.807, 2.05) is 62.6 Å². The number of rotatable bonds is 6. The number of benzene rings is 2. The van der Waals surface area contributed by atoms with Gasteiger partial charge in [-0.1, -0.05) is 55.5 Å². The molecule has 1 N–H and O–H groups in total. The standard InChI is InChI=1S/C19H24N2O/c1-15(16-10-6-4-7-11-16)18(19(22)21(2)3)14-20-17-12-8-5-9-13-17/h4-13,15,18,20H,14H2,1-3H3. The molecular formula is C19H24N2O. The SMILES string of the molecule is CC(c1ccccc1)C(CNc1ccccc1)C(=O)N(C)C. The van der Waals surface area contributed by atoms with Gasteiger partial charge in [0.25, 0.3) is 0 Å². The molecule has 2 atom stereocenters. The molecule has 0 aliphatic rings. The third-order valence-electron chi connectivity index (χ3n) is 3.99. The number of anilines is 1. The summed E-state index contributed by atoms with van der Waals surface area (Å²) in [6, 6.07) is 20.2. The number of carbonyl (C=O) groups excluding carboxylic acids is 1. The zero-order valence-electron chi connectivity index (χ0n) is 13.5. The van der Waals surface area contributed by atoms with Crippen molar-refractivity contribution in [3.8, 4) is 0 Å². The summed E-state index contributed by atoms with van der Waals surface area (Å²) in [7, 11) is 3.63. The van der Waals surface area contributed by atoms with Crippen LogP contribution in [0.5, 0.6) is 0 Å². The molecule has 22 heavy (non-hydrogen) atoms. The van der Waals surface area contributed by atoms with Crippen LogP contribution in [0, 0.1) is 5.92 Å². The van der Waals surface area contributed by atoms with Crippen molar-refractivity contribution in [1.29, 1.82) is 0 Å². The van der Waals surface area contributed by atoms with Gasteiger partial charge in [0.15, 0.2) is 0 Å². The summed E-state index contributed by atoms with van der Waals surface area (Å²) in [5.41, 5.74) is 2.23. The lowest BCUT2D eigenvalue weighted by molar-refractivity contribution is -0.133. The van der Waals surface area contributed by atoms with Crippen LogP contribution >= 0.6 is 0 Å². The number of carbonyl (C=O) groups is 1. The molecule has 0 bridgehead atoms. The van der Waals surface area contributed by atoms with Crippen molar-refractivity contribution in [3.63, 3.8) is 0 Å². The molecule has 0 saturated heterocycles. The Morgan fingerprint density at radius 3 is 2.09 bits per heavy atom. The van der Waals surface area contributed by atoms with E-state index in [1.165, 1.54) is 5.56 Å². The summed E-state index contributed by atoms with van der Waals surface area (Å²) in [4.78, 5) is 14.2. The summed E-state index contributed by atoms with van der Waals surface area (Å²) in [5.74, 6) is 0.213. The normalized spacial score (nSPS) is 13.2. The molecule has 2 unspecified atom stereocenters. The van der Waals surface area contributed by atoms with E-state index < -0.39 is 0 Å². The van der Waals surface area contributed by atoms with Gasteiger partial charge in [-0.3, -0.25) is 4.79 Å². The Morgan fingerprint density at radius 2 is 1.55 bits per heavy atom. The highest BCUT2D eigenvalue weighted by Gasteiger charge is 2.27. The van der Waals surface area contributed by atoms with Crippen LogP contribution in [0.15, 0.2) is 60.7 Å². The fourth-order valence-electron chi connectivity index (χ4n) is 2.58. The van der Waals surface area contributed by atoms with Crippen LogP contribution in [0.3, 0.4) is 0 Å². The van der Waals surface area contributed by atoms with Crippen molar-refractivity contribution >= 4 is 11.6 Å². The molecule has 0 aliphatic carbocycles. The number of amides is 1. The Morgan fingerprint density at radius 1 is 1.00 bits per heavy atom. The van der Waals surface area contributed by atoms with Gasteiger partial charge in [0.1, 0.15) is 0 Å². The molecule has 0 fully saturated rings. The van der Waals surface area contributed by atoms with E-state index >= 15 is 0 Å². The molecule has 0 aliphatic heterocycles. The zero-order valence-corrected chi connectivity index (χ0v) is 13.5. The number of para-hydroxylation sites is 1. The van der Waals surface area contributed by atoms with Crippen molar-refractivity contribution < 1.29 is 4.79 Å². The fourth-order valence-corrected chi connectivity index (χ4v) is 2.58. The van der Waals surface area contributed by atoms with Crippen LogP contribution in [0.4, 0.5) is 5.69 Å². The maximum Gasteiger partial charge on any atom is 0.227 e. The Kier molecular flexibility index (Phi) is 5.59. The van der Waals surface area contributed by atoms with Crippen LogP contribution < -0.4 is 5.32 Å². The first-order valence-electron chi connectivity index (χ1n) is 7.64. The van der Waals surface area contributed by atoms with Crippen LogP contribution in [-0.4, -0.2) is 31.4 Å². The van der Waals surface area contributed by atoms with Gasteiger partial charge in [-0.05, 0) is 23.6 Å². The molecule has 2 rings (SSSR count). The van der Waals surface area contributed by atoms with Crippen LogP contribution in [0.25, 0.3) is 0 Å². The number of hydrogen-bond acceptors (Lipinski definition) is 2. The molecular weight excluding hydrogens is 272 g/mol. The molecule has 0 aromatic heterocycles. The van der Waals surface area contributed by atoms with Gasteiger partial charge in [-0.2, -0.15) is 0 Å². The van der Waals surface area contributed by atoms with Crippen molar-refractivity contribution in [1.82, 2.24) is 4.90 Å². The minimum atomic E-state index is -0.0994. The lowest BCUT2D eigenvalue weighted by Crippen LogP contribution is -2.36. The van der Waals surface area contributed by atoms with Gasteiger partial charge in [-0.15, -0.1) is 0 Å². The van der Waals surface area contributed by atoms with E-state index in [0.717, 1.165) is 5.69 Å². The van der Waals surface area contributed by atoms with E-state index in [2.05, 4.69) is 24.4 Å². The van der Waals surface area contributed by atoms with Crippen molar-refractivity contribution in [2.24, 2.45) is 5.92 Å². The molecule has 2 aromatic carbocycles. The first kappa shape index (κ1) is 16.1. The Bertz CT molecular complexity index is 581. The second-order valence-electron chi connectivity index (χ2n) is 5.79. The summed E-state index contributed by atoms with van der Waals surface area (Å²) in [6.45, 7) is 2.74. The smallest absolute Gasteiger partial charge is 0.227 e. The van der Waals surface area contributed by atoms with Crippen molar-refractivity contribution in [2.75, 3.05) is 26.0 Å². The quantitative estimate of drug-likeness (QED) is 0.883. The van der Waals surface area contributed by atoms with E-state index in [1.54, 1.807) is 4.90 Å². The Balaban J connectivity index is 2.14. The average molecular weight is 296 g/mol. The summed E-state index contributed by atoms with van der Waals surface area (Å²) in [6.07, 6.45) is 0. The fraction of sp³-hybridized carbons (Fsp3) is 0.316. The lowest BCUT2D eigenvalue weighted by Gasteiger charge is -2.27. The zero-order chi connectivity index (χ0) is 15.9. The molecule has 2 aromatic rings. The number of hydrogen-bond donors (Lipinski definition) is 1. The van der Waals surface area contributed by atoms with Gasteiger partial charge < -0.3 is 10.2 Å². The van der Waals surface area contributed by atoms with Gasteiger partial charge in [0, 0.05) is 26.3 Å². The maximum absolute atomic E-state index is 12.6. The van der Waals surface area contributed by atoms with Crippen LogP contribution in [0.2, 0.25) is 0 Å². The molecule has 0 heterocycles. The largest absolute Gasteiger partial charge is 0.384 e. The minimum Gasteiger partial charge on any atom is -0.384 e. The second kappa shape index (κ2) is 7.64. The summed E-state index contributed by atoms with van der Waals surface area (Å²) in [5, 5.41) is 3.38. The van der Waals surface area contributed by atoms with Gasteiger partial charge >= 0.3 is 0 Å². The van der Waals surface area contributed by atoms with Gasteiger partial charge in [-0.25, -0.2) is 0 Å². The first-order chi connectivity index (χ1) is 10.6. The minimum absolute atomic E-state index is 0.0994. The monoisotopic (exact) mass is 296 g/mol. The first-order valence-corrected chi connectivity index (χ1v) is 7.64. The van der Waals surface area contributed by atoms with Crippen molar-refractivity contribution in [2.45, 2.75) is 12.8 Å². The maximum atomic E-state index is 12.6. The van der Waals surface area contributed by atoms with Gasteiger partial charge in [0.05, 0.1) is 5.92 Å². The average Bonchev–Trinajstić information content (AvgIpc) is 2.56. The van der Waals surface area contributed by atoms with E-state index in [9.17, 15) is 4.79 Å². The van der Waals surface area contributed by atoms with Gasteiger partial charge in [0.2, 0.25) is 5.91 Å². The predicted molar refractivity (Wildman–Crippen MR) is 92.0 cm³/mol. The Labute approximate surface area is 133 Å². The third-order valence-corrected chi connectivity index (χ3v) is 3.99. The molecule has 0 spiro atoms. The predicted octanol–water partition coefficient (Wildman–Crippen LogP) is 3.61. The van der Waals surface area contributed by atoms with Crippen molar-refractivity contribution in [3.05, 3.63) is 66.2 Å². The Hall–Kier alpha value is -2.29. The number of nitrogens with one attached hydrogen (secondary N) is 1.